The van der Waals surface area contributed by atoms with Crippen LogP contribution in [0.2, 0.25) is 0 Å². The largest absolute Gasteiger partial charge is 0.310 e. The number of hydrogen-bond acceptors (Lipinski definition) is 3. The van der Waals surface area contributed by atoms with Crippen molar-refractivity contribution in [2.75, 3.05) is 14.7 Å². The highest BCUT2D eigenvalue weighted by Crippen LogP contribution is 2.52. The number of para-hydroxylation sites is 3. The van der Waals surface area contributed by atoms with E-state index in [-0.39, 0.29) is 5.41 Å². The predicted molar refractivity (Wildman–Crippen MR) is 307 cm³/mol. The van der Waals surface area contributed by atoms with Gasteiger partial charge in [-0.1, -0.05) is 184 Å². The maximum absolute atomic E-state index is 2.47. The lowest BCUT2D eigenvalue weighted by atomic mass is 9.82. The first-order valence-electron chi connectivity index (χ1n) is 25.4. The summed E-state index contributed by atoms with van der Waals surface area (Å²) in [7, 11) is 0. The minimum absolute atomic E-state index is 0.154. The van der Waals surface area contributed by atoms with Crippen molar-refractivity contribution in [2.24, 2.45) is 0 Å². The van der Waals surface area contributed by atoms with Crippen LogP contribution < -0.4 is 14.7 Å². The van der Waals surface area contributed by atoms with Crippen molar-refractivity contribution in [3.63, 3.8) is 0 Å². The maximum Gasteiger partial charge on any atom is 0.0482 e. The first-order valence-corrected chi connectivity index (χ1v) is 25.4. The summed E-state index contributed by atoms with van der Waals surface area (Å²) in [6.07, 6.45) is 0.882. The van der Waals surface area contributed by atoms with Gasteiger partial charge >= 0.3 is 0 Å². The molecule has 11 aromatic carbocycles. The Morgan fingerprint density at radius 3 is 1.29 bits per heavy atom. The van der Waals surface area contributed by atoms with Crippen molar-refractivity contribution >= 4 is 51.2 Å². The molecule has 348 valence electrons. The molecule has 13 rings (SSSR count). The third-order valence-corrected chi connectivity index (χ3v) is 15.0. The van der Waals surface area contributed by atoms with Gasteiger partial charge < -0.3 is 14.7 Å². The van der Waals surface area contributed by atoms with Gasteiger partial charge in [0.1, 0.15) is 0 Å². The highest BCUT2D eigenvalue weighted by molar-refractivity contribution is 5.91. The van der Waals surface area contributed by atoms with E-state index in [2.05, 4.69) is 302 Å². The van der Waals surface area contributed by atoms with Gasteiger partial charge in [0.25, 0.3) is 0 Å². The van der Waals surface area contributed by atoms with Crippen molar-refractivity contribution in [3.8, 4) is 44.5 Å². The molecular weight excluding hydrogens is 883 g/mol. The van der Waals surface area contributed by atoms with E-state index in [0.717, 1.165) is 57.6 Å². The van der Waals surface area contributed by atoms with Gasteiger partial charge in [-0.3, -0.25) is 0 Å². The number of hydrogen-bond donors (Lipinski definition) is 0. The molecule has 0 amide bonds. The quantitative estimate of drug-likeness (QED) is 0.128. The Hall–Kier alpha value is -9.18. The van der Waals surface area contributed by atoms with Crippen LogP contribution in [0.3, 0.4) is 0 Å². The monoisotopic (exact) mass is 935 g/mol. The highest BCUT2D eigenvalue weighted by atomic mass is 15.2. The van der Waals surface area contributed by atoms with Crippen molar-refractivity contribution in [1.29, 1.82) is 0 Å². The zero-order valence-electron chi connectivity index (χ0n) is 41.0. The molecule has 0 unspecified atom stereocenters. The Kier molecular flexibility index (Phi) is 10.9. The molecule has 3 heteroatoms. The molecule has 0 spiro atoms. The lowest BCUT2D eigenvalue weighted by molar-refractivity contribution is 0.660. The average Bonchev–Trinajstić information content (AvgIpc) is 3.93. The first-order chi connectivity index (χ1) is 35.9. The third-order valence-electron chi connectivity index (χ3n) is 15.0. The molecule has 0 bridgehead atoms. The molecule has 3 nitrogen and oxygen atoms in total. The van der Waals surface area contributed by atoms with Crippen LogP contribution in [0.25, 0.3) is 44.5 Å². The van der Waals surface area contributed by atoms with Gasteiger partial charge in [0.2, 0.25) is 0 Å². The molecule has 0 saturated carbocycles. The molecule has 0 fully saturated rings. The summed E-state index contributed by atoms with van der Waals surface area (Å²) in [5.74, 6) is 0. The molecule has 2 aliphatic carbocycles. The van der Waals surface area contributed by atoms with Crippen LogP contribution in [0.4, 0.5) is 51.2 Å². The Morgan fingerprint density at radius 1 is 0.247 bits per heavy atom. The number of anilines is 9. The lowest BCUT2D eigenvalue weighted by Gasteiger charge is -2.31. The van der Waals surface area contributed by atoms with E-state index in [1.165, 1.54) is 66.8 Å². The normalized spacial score (nSPS) is 12.6. The van der Waals surface area contributed by atoms with Crippen LogP contribution in [0, 0.1) is 0 Å². The van der Waals surface area contributed by atoms with Gasteiger partial charge in [-0.05, 0) is 176 Å². The second kappa shape index (κ2) is 18.2. The van der Waals surface area contributed by atoms with Crippen molar-refractivity contribution in [2.45, 2.75) is 25.7 Å². The molecule has 0 aromatic heterocycles. The first kappa shape index (κ1) is 43.8. The zero-order chi connectivity index (χ0) is 48.9. The van der Waals surface area contributed by atoms with Gasteiger partial charge in [0.05, 0.1) is 0 Å². The fraction of sp³-hybridized carbons (Fsp3) is 0.0571. The summed E-state index contributed by atoms with van der Waals surface area (Å²) < 4.78 is 0. The molecular formula is C70H53N3. The zero-order valence-corrected chi connectivity index (χ0v) is 41.0. The number of benzene rings is 11. The van der Waals surface area contributed by atoms with E-state index < -0.39 is 0 Å². The predicted octanol–water partition coefficient (Wildman–Crippen LogP) is 19.3. The van der Waals surface area contributed by atoms with Crippen LogP contribution >= 0.6 is 0 Å². The molecule has 0 radical (unpaired) electrons. The molecule has 0 heterocycles. The SMILES string of the molecule is CC1(C)c2ccccc2-c2ccc(N(c3cccc(N(c4ccccc4)c4cccc(-c5ccccc5)c4)c3)c3ccc4c(c3)-c3ccc(-c5cccc(N(c6ccccc6)c6ccccc6)c5)cc3C4)cc21. The maximum atomic E-state index is 2.47. The molecule has 0 N–H and O–H groups in total. The van der Waals surface area contributed by atoms with E-state index in [1.54, 1.807) is 0 Å². The average molecular weight is 936 g/mol. The molecule has 11 aromatic rings. The highest BCUT2D eigenvalue weighted by Gasteiger charge is 2.36. The van der Waals surface area contributed by atoms with Crippen molar-refractivity contribution in [3.05, 3.63) is 295 Å². The summed E-state index contributed by atoms with van der Waals surface area (Å²) in [5, 5.41) is 0. The molecule has 0 saturated heterocycles. The Labute approximate surface area is 429 Å². The van der Waals surface area contributed by atoms with Crippen LogP contribution in [-0.4, -0.2) is 0 Å². The summed E-state index contributed by atoms with van der Waals surface area (Å²) in [5.41, 5.74) is 25.2. The minimum atomic E-state index is -0.154. The van der Waals surface area contributed by atoms with Crippen LogP contribution in [-0.2, 0) is 11.8 Å². The van der Waals surface area contributed by atoms with Gasteiger partial charge in [-0.25, -0.2) is 0 Å². The lowest BCUT2D eigenvalue weighted by Crippen LogP contribution is -2.17. The van der Waals surface area contributed by atoms with Crippen molar-refractivity contribution in [1.82, 2.24) is 0 Å². The summed E-state index contributed by atoms with van der Waals surface area (Å²) >= 11 is 0. The molecule has 73 heavy (non-hydrogen) atoms. The van der Waals surface area contributed by atoms with E-state index in [1.807, 2.05) is 0 Å². The summed E-state index contributed by atoms with van der Waals surface area (Å²) in [4.78, 5) is 7.18. The Bertz CT molecular complexity index is 3770. The van der Waals surface area contributed by atoms with E-state index in [9.17, 15) is 0 Å². The summed E-state index contributed by atoms with van der Waals surface area (Å²) in [6.45, 7) is 4.74. The van der Waals surface area contributed by atoms with Gasteiger partial charge in [0, 0.05) is 56.6 Å². The fourth-order valence-corrected chi connectivity index (χ4v) is 11.5. The minimum Gasteiger partial charge on any atom is -0.310 e. The second-order valence-corrected chi connectivity index (χ2v) is 19.8. The van der Waals surface area contributed by atoms with Crippen LogP contribution in [0.1, 0.15) is 36.1 Å². The number of rotatable bonds is 11. The fourth-order valence-electron chi connectivity index (χ4n) is 11.5. The second-order valence-electron chi connectivity index (χ2n) is 19.8. The Morgan fingerprint density at radius 2 is 0.658 bits per heavy atom. The molecule has 2 aliphatic rings. The van der Waals surface area contributed by atoms with Gasteiger partial charge in [-0.2, -0.15) is 0 Å². The topological polar surface area (TPSA) is 9.72 Å². The summed E-state index contributed by atoms with van der Waals surface area (Å²) in [6, 6.07) is 99.7. The third kappa shape index (κ3) is 7.96. The molecule has 0 atom stereocenters. The number of nitrogens with zero attached hydrogens (tertiary/aromatic N) is 3. The van der Waals surface area contributed by atoms with Crippen LogP contribution in [0.5, 0.6) is 0 Å². The van der Waals surface area contributed by atoms with E-state index in [0.29, 0.717) is 0 Å². The standard InChI is InChI=1S/C70H53N3/c1-70(2)68-35-16-15-34-65(68)66-41-39-63(48-69(66)70)73(61-33-19-32-60(46-61)72(57-28-13-6-14-29-57)59-31-17-22-50(44-59)49-20-7-3-8-21-49)62-38-36-53-43-54-42-52(37-40-64(54)67(53)47-62)51-23-18-30-58(45-51)71(55-24-9-4-10-25-55)56-26-11-5-12-27-56/h3-42,44-48H,43H2,1-2H3. The van der Waals surface area contributed by atoms with E-state index >= 15 is 0 Å². The van der Waals surface area contributed by atoms with Crippen LogP contribution in [0.15, 0.2) is 273 Å². The molecule has 0 aliphatic heterocycles. The van der Waals surface area contributed by atoms with Gasteiger partial charge in [0.15, 0.2) is 0 Å². The number of fused-ring (bicyclic) bond motifs is 6. The Balaban J connectivity index is 0.911. The van der Waals surface area contributed by atoms with E-state index in [4.69, 9.17) is 0 Å². The van der Waals surface area contributed by atoms with Crippen molar-refractivity contribution < 1.29 is 0 Å². The van der Waals surface area contributed by atoms with Gasteiger partial charge in [-0.15, -0.1) is 0 Å². The smallest absolute Gasteiger partial charge is 0.0482 e.